The molecule has 5 nitrogen and oxygen atoms in total. The van der Waals surface area contributed by atoms with E-state index in [1.54, 1.807) is 18.7 Å². The highest BCUT2D eigenvalue weighted by Crippen LogP contribution is 2.53. The van der Waals surface area contributed by atoms with Gasteiger partial charge in [0.25, 0.3) is 0 Å². The van der Waals surface area contributed by atoms with Crippen LogP contribution in [0.4, 0.5) is 0 Å². The van der Waals surface area contributed by atoms with Crippen molar-refractivity contribution in [3.63, 3.8) is 0 Å². The van der Waals surface area contributed by atoms with Crippen molar-refractivity contribution in [2.75, 3.05) is 5.75 Å². The van der Waals surface area contributed by atoms with Gasteiger partial charge in [0.05, 0.1) is 5.92 Å². The molecule has 0 bridgehead atoms. The minimum atomic E-state index is -1.08. The van der Waals surface area contributed by atoms with E-state index >= 15 is 0 Å². The van der Waals surface area contributed by atoms with Crippen molar-refractivity contribution in [2.45, 2.75) is 31.6 Å². The van der Waals surface area contributed by atoms with Gasteiger partial charge < -0.3 is 5.11 Å². The Morgan fingerprint density at radius 2 is 2.22 bits per heavy atom. The van der Waals surface area contributed by atoms with E-state index < -0.39 is 16.8 Å². The summed E-state index contributed by atoms with van der Waals surface area (Å²) in [6, 6.07) is 3.80. The number of thiophene rings is 1. The van der Waals surface area contributed by atoms with Gasteiger partial charge >= 0.3 is 5.97 Å². The third kappa shape index (κ3) is 2.61. The van der Waals surface area contributed by atoms with Crippen LogP contribution in [0.2, 0.25) is 0 Å². The lowest BCUT2D eigenvalue weighted by atomic mass is 9.81. The Hall–Kier alpha value is -1.60. The summed E-state index contributed by atoms with van der Waals surface area (Å²) in [6.45, 7) is 3.59. The van der Waals surface area contributed by atoms with Gasteiger partial charge in [0.1, 0.15) is 16.4 Å². The predicted molar refractivity (Wildman–Crippen MR) is 89.2 cm³/mol. The Morgan fingerprint density at radius 1 is 1.48 bits per heavy atom. The molecule has 0 saturated carbocycles. The van der Waals surface area contributed by atoms with Gasteiger partial charge in [-0.1, -0.05) is 6.07 Å². The van der Waals surface area contributed by atoms with Crippen LogP contribution in [0.3, 0.4) is 0 Å². The largest absolute Gasteiger partial charge is 0.477 e. The molecule has 1 fully saturated rings. The molecule has 0 aromatic carbocycles. The molecule has 0 unspecified atom stereocenters. The molecule has 1 aromatic rings. The fraction of sp³-hybridized carbons (Fsp3) is 0.438. The molecule has 2 aliphatic rings. The summed E-state index contributed by atoms with van der Waals surface area (Å²) in [6.07, 6.45) is 0.505. The number of carboxylic acid groups (broad SMARTS) is 1. The van der Waals surface area contributed by atoms with Crippen molar-refractivity contribution in [1.29, 1.82) is 0 Å². The molecule has 0 spiro atoms. The lowest BCUT2D eigenvalue weighted by Crippen LogP contribution is -2.69. The second-order valence-corrected chi connectivity index (χ2v) is 8.44. The van der Waals surface area contributed by atoms with Crippen LogP contribution in [0, 0.1) is 5.92 Å². The zero-order chi connectivity index (χ0) is 16.8. The van der Waals surface area contributed by atoms with Crippen LogP contribution >= 0.6 is 23.1 Å². The quantitative estimate of drug-likeness (QED) is 0.825. The van der Waals surface area contributed by atoms with Gasteiger partial charge in [-0.15, -0.1) is 23.1 Å². The van der Waals surface area contributed by atoms with Crippen LogP contribution in [0.25, 0.3) is 0 Å². The van der Waals surface area contributed by atoms with E-state index in [1.165, 1.54) is 16.2 Å². The van der Waals surface area contributed by atoms with Crippen LogP contribution < -0.4 is 0 Å². The van der Waals surface area contributed by atoms with E-state index in [2.05, 4.69) is 0 Å². The van der Waals surface area contributed by atoms with Gasteiger partial charge in [0.2, 0.25) is 5.91 Å². The third-order valence-corrected chi connectivity index (χ3v) is 6.91. The monoisotopic (exact) mass is 351 g/mol. The zero-order valence-corrected chi connectivity index (χ0v) is 14.5. The number of carbonyl (C=O) groups is 3. The topological polar surface area (TPSA) is 74.7 Å². The molecule has 2 aliphatic heterocycles. The minimum absolute atomic E-state index is 0.0235. The molecule has 0 radical (unpaired) electrons. The highest BCUT2D eigenvalue weighted by Gasteiger charge is 2.61. The molecule has 0 aliphatic carbocycles. The van der Waals surface area contributed by atoms with Gasteiger partial charge in [-0.05, 0) is 30.9 Å². The van der Waals surface area contributed by atoms with Crippen molar-refractivity contribution in [1.82, 2.24) is 4.90 Å². The Balaban J connectivity index is 1.76. The molecule has 1 aromatic heterocycles. The maximum atomic E-state index is 12.5. The minimum Gasteiger partial charge on any atom is -0.477 e. The lowest BCUT2D eigenvalue weighted by Gasteiger charge is -2.57. The predicted octanol–water partition coefficient (Wildman–Crippen LogP) is 2.53. The number of aliphatic carboxylic acids is 1. The second-order valence-electron chi connectivity index (χ2n) is 6.00. The number of rotatable bonds is 5. The van der Waals surface area contributed by atoms with Crippen LogP contribution in [0.1, 0.15) is 25.1 Å². The number of ketones is 1. The number of Topliss-reactive ketones (excluding diaryl/α,β-unsaturated/α-hetero) is 1. The van der Waals surface area contributed by atoms with Crippen molar-refractivity contribution >= 4 is 40.8 Å². The Morgan fingerprint density at radius 3 is 2.83 bits per heavy atom. The number of β-lactam (4-membered cyclic amide) rings is 1. The number of fused-ring (bicyclic) bond motifs is 1. The molecule has 3 rings (SSSR count). The van der Waals surface area contributed by atoms with Gasteiger partial charge in [0.15, 0.2) is 0 Å². The van der Waals surface area contributed by atoms with Crippen molar-refractivity contribution < 1.29 is 19.5 Å². The average Bonchev–Trinajstić information content (AvgIpc) is 2.99. The summed E-state index contributed by atoms with van der Waals surface area (Å²) in [4.78, 5) is 37.9. The highest BCUT2D eigenvalue weighted by atomic mass is 32.2. The zero-order valence-electron chi connectivity index (χ0n) is 12.9. The fourth-order valence-electron chi connectivity index (χ4n) is 3.17. The van der Waals surface area contributed by atoms with Crippen LogP contribution in [-0.2, 0) is 20.8 Å². The summed E-state index contributed by atoms with van der Waals surface area (Å²) >= 11 is 3.07. The first-order valence-corrected chi connectivity index (χ1v) is 9.16. The van der Waals surface area contributed by atoms with Crippen molar-refractivity contribution in [3.8, 4) is 0 Å². The number of hydrogen-bond donors (Lipinski definition) is 1. The smallest absolute Gasteiger partial charge is 0.352 e. The van der Waals surface area contributed by atoms with Gasteiger partial charge in [-0.25, -0.2) is 4.79 Å². The molecule has 1 amide bonds. The van der Waals surface area contributed by atoms with Crippen LogP contribution in [0.5, 0.6) is 0 Å². The first kappa shape index (κ1) is 16.3. The molecule has 7 heteroatoms. The molecular weight excluding hydrogens is 334 g/mol. The molecule has 23 heavy (non-hydrogen) atoms. The maximum absolute atomic E-state index is 12.5. The summed E-state index contributed by atoms with van der Waals surface area (Å²) < 4.78 is 0. The second kappa shape index (κ2) is 5.79. The Bertz CT molecular complexity index is 710. The first-order chi connectivity index (χ1) is 10.8. The number of hydrogen-bond acceptors (Lipinski definition) is 5. The van der Waals surface area contributed by atoms with E-state index in [0.717, 1.165) is 4.88 Å². The number of nitrogens with zero attached hydrogens (tertiary/aromatic N) is 1. The molecule has 1 N–H and O–H groups in total. The number of amides is 1. The van der Waals surface area contributed by atoms with E-state index in [9.17, 15) is 19.5 Å². The van der Waals surface area contributed by atoms with Crippen molar-refractivity contribution in [2.24, 2.45) is 5.92 Å². The van der Waals surface area contributed by atoms with E-state index in [4.69, 9.17) is 0 Å². The number of carbonyl (C=O) groups excluding carboxylic acids is 2. The SMILES string of the molecule is CC1=C(C(=O)O)N2C(=O)[C@@H](CC(=O)Cc3cccs3)[C@@]2(C)SC1. The van der Waals surface area contributed by atoms with Crippen LogP contribution in [-0.4, -0.2) is 38.3 Å². The summed E-state index contributed by atoms with van der Waals surface area (Å²) in [5.74, 6) is -1.18. The number of thioether (sulfide) groups is 1. The fourth-order valence-corrected chi connectivity index (χ4v) is 5.24. The standard InChI is InChI=1S/C16H17NO4S2/c1-9-8-23-16(2)12(14(19)17(16)13(9)15(20)21)7-10(18)6-11-4-3-5-22-11/h3-5,12H,6-8H2,1-2H3,(H,20,21)/t12-,16-/m1/s1. The summed E-state index contributed by atoms with van der Waals surface area (Å²) in [5.41, 5.74) is 0.773. The molecular formula is C16H17NO4S2. The normalized spacial score (nSPS) is 26.8. The Kier molecular flexibility index (Phi) is 4.10. The van der Waals surface area contributed by atoms with E-state index in [1.807, 2.05) is 24.4 Å². The molecule has 122 valence electrons. The van der Waals surface area contributed by atoms with E-state index in [-0.39, 0.29) is 23.8 Å². The van der Waals surface area contributed by atoms with Gasteiger partial charge in [0, 0.05) is 23.5 Å². The van der Waals surface area contributed by atoms with E-state index in [0.29, 0.717) is 17.7 Å². The van der Waals surface area contributed by atoms with Gasteiger partial charge in [-0.2, -0.15) is 0 Å². The first-order valence-electron chi connectivity index (χ1n) is 7.29. The lowest BCUT2D eigenvalue weighted by molar-refractivity contribution is -0.160. The molecule has 1 saturated heterocycles. The summed E-state index contributed by atoms with van der Waals surface area (Å²) in [7, 11) is 0. The summed E-state index contributed by atoms with van der Waals surface area (Å²) in [5, 5.41) is 11.3. The Labute approximate surface area is 142 Å². The molecule has 2 atom stereocenters. The maximum Gasteiger partial charge on any atom is 0.352 e. The number of carboxylic acids is 1. The molecule has 3 heterocycles. The third-order valence-electron chi connectivity index (χ3n) is 4.40. The van der Waals surface area contributed by atoms with Crippen molar-refractivity contribution in [3.05, 3.63) is 33.7 Å². The van der Waals surface area contributed by atoms with Gasteiger partial charge in [-0.3, -0.25) is 14.5 Å². The average molecular weight is 351 g/mol. The highest BCUT2D eigenvalue weighted by molar-refractivity contribution is 8.01. The van der Waals surface area contributed by atoms with Crippen LogP contribution in [0.15, 0.2) is 28.8 Å².